The molecule has 2 atom stereocenters. The van der Waals surface area contributed by atoms with Gasteiger partial charge in [0.25, 0.3) is 10.2 Å². The second-order valence-electron chi connectivity index (χ2n) is 5.48. The molecule has 3 N–H and O–H groups in total. The highest BCUT2D eigenvalue weighted by molar-refractivity contribution is 7.87. The summed E-state index contributed by atoms with van der Waals surface area (Å²) < 4.78 is 29.2. The van der Waals surface area contributed by atoms with Crippen LogP contribution in [0.15, 0.2) is 0 Å². The highest BCUT2D eigenvalue weighted by Crippen LogP contribution is 2.27. The second kappa shape index (κ2) is 6.47. The summed E-state index contributed by atoms with van der Waals surface area (Å²) in [6, 6.07) is -0.120. The lowest BCUT2D eigenvalue weighted by molar-refractivity contribution is 0.403. The average molecular weight is 305 g/mol. The molecule has 0 spiro atoms. The minimum Gasteiger partial charge on any atom is -0.393 e. The van der Waals surface area contributed by atoms with E-state index < -0.39 is 10.2 Å². The van der Waals surface area contributed by atoms with Crippen molar-refractivity contribution in [1.29, 1.82) is 0 Å². The van der Waals surface area contributed by atoms with E-state index in [1.165, 1.54) is 0 Å². The van der Waals surface area contributed by atoms with Crippen molar-refractivity contribution >= 4 is 27.4 Å². The molecule has 0 amide bonds. The van der Waals surface area contributed by atoms with Gasteiger partial charge in [-0.2, -0.15) is 17.4 Å². The van der Waals surface area contributed by atoms with Crippen molar-refractivity contribution < 1.29 is 8.42 Å². The van der Waals surface area contributed by atoms with Crippen molar-refractivity contribution in [2.45, 2.75) is 51.0 Å². The van der Waals surface area contributed by atoms with Crippen molar-refractivity contribution in [2.75, 3.05) is 13.1 Å². The number of nitrogens with two attached hydrogens (primary N) is 1. The van der Waals surface area contributed by atoms with Gasteiger partial charge in [0, 0.05) is 25.0 Å². The smallest absolute Gasteiger partial charge is 0.279 e. The van der Waals surface area contributed by atoms with Crippen LogP contribution in [0, 0.1) is 5.92 Å². The van der Waals surface area contributed by atoms with E-state index in [0.29, 0.717) is 18.1 Å². The summed E-state index contributed by atoms with van der Waals surface area (Å²) in [7, 11) is -3.39. The Morgan fingerprint density at radius 2 is 1.74 bits per heavy atom. The molecule has 110 valence electrons. The molecule has 0 radical (unpaired) electrons. The maximum absolute atomic E-state index is 12.4. The molecule has 1 heterocycles. The van der Waals surface area contributed by atoms with Crippen LogP contribution in [-0.2, 0) is 10.2 Å². The van der Waals surface area contributed by atoms with E-state index in [2.05, 4.69) is 4.72 Å². The topological polar surface area (TPSA) is 75.4 Å². The lowest BCUT2D eigenvalue weighted by Crippen LogP contribution is -2.48. The van der Waals surface area contributed by atoms with E-state index in [-0.39, 0.29) is 12.0 Å². The summed E-state index contributed by atoms with van der Waals surface area (Å²) in [4.78, 5) is 0.432. The van der Waals surface area contributed by atoms with E-state index >= 15 is 0 Å². The Labute approximate surface area is 121 Å². The molecule has 2 aliphatic rings. The van der Waals surface area contributed by atoms with Gasteiger partial charge >= 0.3 is 0 Å². The maximum Gasteiger partial charge on any atom is 0.279 e. The first kappa shape index (κ1) is 15.2. The molecule has 1 saturated heterocycles. The van der Waals surface area contributed by atoms with Crippen LogP contribution in [-0.4, -0.2) is 36.8 Å². The van der Waals surface area contributed by atoms with Crippen LogP contribution in [0.1, 0.15) is 44.9 Å². The van der Waals surface area contributed by atoms with Crippen molar-refractivity contribution in [2.24, 2.45) is 11.7 Å². The van der Waals surface area contributed by atoms with Crippen molar-refractivity contribution in [3.8, 4) is 0 Å². The molecule has 2 unspecified atom stereocenters. The zero-order valence-electron chi connectivity index (χ0n) is 11.2. The van der Waals surface area contributed by atoms with Gasteiger partial charge in [-0.1, -0.05) is 31.5 Å². The van der Waals surface area contributed by atoms with E-state index in [4.69, 9.17) is 18.0 Å². The summed E-state index contributed by atoms with van der Waals surface area (Å²) in [6.45, 7) is 1.25. The van der Waals surface area contributed by atoms with Gasteiger partial charge in [-0.05, 0) is 25.7 Å². The fourth-order valence-electron chi connectivity index (χ4n) is 2.99. The quantitative estimate of drug-likeness (QED) is 0.764. The first-order valence-corrected chi connectivity index (χ1v) is 8.92. The maximum atomic E-state index is 12.4. The molecule has 19 heavy (non-hydrogen) atoms. The summed E-state index contributed by atoms with van der Waals surface area (Å²) in [5, 5.41) is 0. The Morgan fingerprint density at radius 1 is 1.11 bits per heavy atom. The largest absolute Gasteiger partial charge is 0.393 e. The van der Waals surface area contributed by atoms with Crippen molar-refractivity contribution in [3.05, 3.63) is 0 Å². The predicted octanol–water partition coefficient (Wildman–Crippen LogP) is 1.15. The molecule has 1 aliphatic carbocycles. The average Bonchev–Trinajstić information content (AvgIpc) is 2.63. The third-order valence-electron chi connectivity index (χ3n) is 4.09. The zero-order chi connectivity index (χ0) is 13.9. The molecule has 1 aliphatic heterocycles. The first-order chi connectivity index (χ1) is 9.00. The van der Waals surface area contributed by atoms with Crippen LogP contribution in [0.25, 0.3) is 0 Å². The molecule has 2 rings (SSSR count). The number of nitrogens with one attached hydrogen (secondary N) is 1. The van der Waals surface area contributed by atoms with Crippen LogP contribution in [0.3, 0.4) is 0 Å². The molecular formula is C12H23N3O2S2. The van der Waals surface area contributed by atoms with E-state index in [1.807, 2.05) is 0 Å². The van der Waals surface area contributed by atoms with Crippen molar-refractivity contribution in [3.63, 3.8) is 0 Å². The van der Waals surface area contributed by atoms with Gasteiger partial charge in [0.05, 0.1) is 4.99 Å². The standard InChI is InChI=1S/C12H23N3O2S2/c13-12(18)10-6-5-7-11(10)14-19(16,17)15-8-3-1-2-4-9-15/h10-11,14H,1-9H2,(H2,13,18). The normalized spacial score (nSPS) is 30.1. The monoisotopic (exact) mass is 305 g/mol. The van der Waals surface area contributed by atoms with Gasteiger partial charge < -0.3 is 5.73 Å². The Morgan fingerprint density at radius 3 is 2.32 bits per heavy atom. The second-order valence-corrected chi connectivity index (χ2v) is 7.66. The van der Waals surface area contributed by atoms with Gasteiger partial charge in [0.2, 0.25) is 0 Å². The van der Waals surface area contributed by atoms with Crippen LogP contribution in [0.5, 0.6) is 0 Å². The molecule has 2 fully saturated rings. The zero-order valence-corrected chi connectivity index (χ0v) is 12.8. The van der Waals surface area contributed by atoms with Gasteiger partial charge in [0.1, 0.15) is 0 Å². The highest BCUT2D eigenvalue weighted by Gasteiger charge is 2.34. The number of rotatable bonds is 4. The Balaban J connectivity index is 2.01. The third kappa shape index (κ3) is 3.87. The summed E-state index contributed by atoms with van der Waals surface area (Å²) >= 11 is 5.03. The van der Waals surface area contributed by atoms with E-state index in [0.717, 1.165) is 44.9 Å². The highest BCUT2D eigenvalue weighted by atomic mass is 32.2. The predicted molar refractivity (Wildman–Crippen MR) is 80.0 cm³/mol. The summed E-state index contributed by atoms with van der Waals surface area (Å²) in [6.07, 6.45) is 6.83. The van der Waals surface area contributed by atoms with Gasteiger partial charge in [-0.15, -0.1) is 0 Å². The van der Waals surface area contributed by atoms with Crippen LogP contribution in [0.2, 0.25) is 0 Å². The fraction of sp³-hybridized carbons (Fsp3) is 0.917. The number of hydrogen-bond acceptors (Lipinski definition) is 3. The first-order valence-electron chi connectivity index (χ1n) is 7.07. The lowest BCUT2D eigenvalue weighted by atomic mass is 10.1. The van der Waals surface area contributed by atoms with Gasteiger partial charge in [-0.3, -0.25) is 0 Å². The Bertz CT molecular complexity index is 417. The van der Waals surface area contributed by atoms with E-state index in [9.17, 15) is 8.42 Å². The van der Waals surface area contributed by atoms with Gasteiger partial charge in [-0.25, -0.2) is 0 Å². The van der Waals surface area contributed by atoms with E-state index in [1.54, 1.807) is 4.31 Å². The number of nitrogens with zero attached hydrogens (tertiary/aromatic N) is 1. The SMILES string of the molecule is NC(=S)C1CCCC1NS(=O)(=O)N1CCCCCC1. The van der Waals surface area contributed by atoms with Crippen LogP contribution >= 0.6 is 12.2 Å². The molecule has 1 saturated carbocycles. The summed E-state index contributed by atoms with van der Waals surface area (Å²) in [5.74, 6) is 0.0109. The minimum atomic E-state index is -3.39. The molecular weight excluding hydrogens is 282 g/mol. The molecule has 0 bridgehead atoms. The molecule has 7 heteroatoms. The third-order valence-corrected chi connectivity index (χ3v) is 6.04. The molecule has 0 aromatic heterocycles. The Kier molecular flexibility index (Phi) is 5.16. The minimum absolute atomic E-state index is 0.0109. The molecule has 0 aromatic carbocycles. The molecule has 5 nitrogen and oxygen atoms in total. The number of hydrogen-bond donors (Lipinski definition) is 2. The lowest BCUT2D eigenvalue weighted by Gasteiger charge is -2.25. The Hall–Kier alpha value is -0.240. The van der Waals surface area contributed by atoms with Crippen LogP contribution < -0.4 is 10.5 Å². The molecule has 0 aromatic rings. The van der Waals surface area contributed by atoms with Crippen molar-refractivity contribution in [1.82, 2.24) is 9.03 Å². The summed E-state index contributed by atoms with van der Waals surface area (Å²) in [5.41, 5.74) is 5.69. The fourth-order valence-corrected chi connectivity index (χ4v) is 4.82. The van der Waals surface area contributed by atoms with Crippen LogP contribution in [0.4, 0.5) is 0 Å². The van der Waals surface area contributed by atoms with Gasteiger partial charge in [0.15, 0.2) is 0 Å². The number of thiocarbonyl (C=S) groups is 1.